The highest BCUT2D eigenvalue weighted by Gasteiger charge is 2.18. The zero-order valence-corrected chi connectivity index (χ0v) is 12.1. The minimum atomic E-state index is -2.63. The molecule has 8 heteroatoms. The monoisotopic (exact) mass is 321 g/mol. The van der Waals surface area contributed by atoms with Crippen molar-refractivity contribution in [2.24, 2.45) is 5.73 Å². The summed E-state index contributed by atoms with van der Waals surface area (Å²) >= 11 is 0. The van der Waals surface area contributed by atoms with Gasteiger partial charge in [0, 0.05) is 6.54 Å². The lowest BCUT2D eigenvalue weighted by Gasteiger charge is -2.22. The molecule has 0 aliphatic carbocycles. The van der Waals surface area contributed by atoms with Crippen molar-refractivity contribution in [2.45, 2.75) is 13.0 Å². The van der Waals surface area contributed by atoms with E-state index in [0.717, 1.165) is 10.5 Å². The van der Waals surface area contributed by atoms with Crippen LogP contribution in [0.4, 0.5) is 8.78 Å². The van der Waals surface area contributed by atoms with Crippen LogP contribution in [-0.4, -0.2) is 42.8 Å². The normalized spacial score (nSPS) is 9.90. The molecule has 0 aliphatic heterocycles. The number of carbonyl (C=O) groups is 2. The van der Waals surface area contributed by atoms with Crippen molar-refractivity contribution in [3.05, 3.63) is 35.9 Å². The van der Waals surface area contributed by atoms with Crippen molar-refractivity contribution < 1.29 is 18.4 Å². The van der Waals surface area contributed by atoms with E-state index in [9.17, 15) is 18.4 Å². The number of carbonyl (C=O) groups excluding carboxylic acids is 2. The molecule has 1 rings (SSSR count). The largest absolute Gasteiger partial charge is 0.346 e. The van der Waals surface area contributed by atoms with Gasteiger partial charge in [-0.25, -0.2) is 8.78 Å². The number of nitrogens with zero attached hydrogens (tertiary/aromatic N) is 1. The van der Waals surface area contributed by atoms with Crippen LogP contribution >= 0.6 is 12.4 Å². The van der Waals surface area contributed by atoms with Crippen LogP contribution in [0.2, 0.25) is 0 Å². The van der Waals surface area contributed by atoms with E-state index in [0.29, 0.717) is 0 Å². The van der Waals surface area contributed by atoms with Crippen LogP contribution in [0.25, 0.3) is 0 Å². The molecule has 0 saturated heterocycles. The first-order valence-electron chi connectivity index (χ1n) is 6.09. The van der Waals surface area contributed by atoms with Gasteiger partial charge >= 0.3 is 0 Å². The predicted molar refractivity (Wildman–Crippen MR) is 77.2 cm³/mol. The molecule has 0 unspecified atom stereocenters. The summed E-state index contributed by atoms with van der Waals surface area (Å²) in [4.78, 5) is 23.8. The summed E-state index contributed by atoms with van der Waals surface area (Å²) in [5.41, 5.74) is 5.82. The van der Waals surface area contributed by atoms with Crippen LogP contribution in [-0.2, 0) is 16.1 Å². The fourth-order valence-electron chi connectivity index (χ4n) is 1.58. The smallest absolute Gasteiger partial charge is 0.255 e. The highest BCUT2D eigenvalue weighted by Crippen LogP contribution is 2.07. The third-order valence-electron chi connectivity index (χ3n) is 2.55. The van der Waals surface area contributed by atoms with Crippen molar-refractivity contribution in [1.82, 2.24) is 10.2 Å². The van der Waals surface area contributed by atoms with Gasteiger partial charge in [-0.3, -0.25) is 9.59 Å². The Bertz CT molecular complexity index is 446. The number of benzene rings is 1. The van der Waals surface area contributed by atoms with E-state index in [1.54, 1.807) is 30.3 Å². The molecule has 1 aromatic carbocycles. The lowest BCUT2D eigenvalue weighted by atomic mass is 10.2. The highest BCUT2D eigenvalue weighted by atomic mass is 35.5. The van der Waals surface area contributed by atoms with Crippen LogP contribution < -0.4 is 11.1 Å². The molecule has 3 N–H and O–H groups in total. The number of amides is 2. The van der Waals surface area contributed by atoms with Crippen molar-refractivity contribution in [1.29, 1.82) is 0 Å². The number of hydrogen-bond acceptors (Lipinski definition) is 3. The average Bonchev–Trinajstić information content (AvgIpc) is 2.44. The Morgan fingerprint density at radius 1 is 1.24 bits per heavy atom. The van der Waals surface area contributed by atoms with Crippen LogP contribution in [0.3, 0.4) is 0 Å². The van der Waals surface area contributed by atoms with E-state index < -0.39 is 24.8 Å². The second-order valence-corrected chi connectivity index (χ2v) is 4.13. The Hall–Kier alpha value is -1.73. The van der Waals surface area contributed by atoms with E-state index in [2.05, 4.69) is 5.32 Å². The summed E-state index contributed by atoms with van der Waals surface area (Å²) in [7, 11) is 0. The molecule has 2 amide bonds. The molecule has 0 spiro atoms. The Balaban J connectivity index is 0.00000400. The highest BCUT2D eigenvalue weighted by molar-refractivity contribution is 5.85. The van der Waals surface area contributed by atoms with Gasteiger partial charge in [-0.05, 0) is 5.56 Å². The maximum absolute atomic E-state index is 12.5. The van der Waals surface area contributed by atoms with Gasteiger partial charge in [0.25, 0.3) is 6.43 Å². The van der Waals surface area contributed by atoms with E-state index in [-0.39, 0.29) is 32.0 Å². The van der Waals surface area contributed by atoms with Crippen LogP contribution in [0.1, 0.15) is 5.56 Å². The minimum absolute atomic E-state index is 0. The molecule has 5 nitrogen and oxygen atoms in total. The fourth-order valence-corrected chi connectivity index (χ4v) is 1.58. The van der Waals surface area contributed by atoms with Crippen LogP contribution in [0.15, 0.2) is 30.3 Å². The fraction of sp³-hybridized carbons (Fsp3) is 0.385. The Morgan fingerprint density at radius 3 is 2.38 bits per heavy atom. The number of rotatable bonds is 7. The first-order valence-corrected chi connectivity index (χ1v) is 6.09. The van der Waals surface area contributed by atoms with Gasteiger partial charge in [-0.1, -0.05) is 30.3 Å². The predicted octanol–water partition coefficient (Wildman–Crippen LogP) is 0.777. The third kappa shape index (κ3) is 7.57. The molecule has 21 heavy (non-hydrogen) atoms. The zero-order chi connectivity index (χ0) is 15.0. The van der Waals surface area contributed by atoms with Crippen molar-refractivity contribution in [3.8, 4) is 0 Å². The van der Waals surface area contributed by atoms with Gasteiger partial charge in [0.15, 0.2) is 0 Å². The SMILES string of the molecule is Cl.NCC(=O)NCC(=O)N(Cc1ccccc1)CC(F)F. The topological polar surface area (TPSA) is 75.4 Å². The standard InChI is InChI=1S/C13H17F2N3O2.ClH/c14-11(15)9-18(8-10-4-2-1-3-5-10)13(20)7-17-12(19)6-16;/h1-5,11H,6-9,16H2,(H,17,19);1H. The molecule has 0 aliphatic rings. The number of hydrogen-bond donors (Lipinski definition) is 2. The zero-order valence-electron chi connectivity index (χ0n) is 11.3. The molecular formula is C13H18ClF2N3O2. The third-order valence-corrected chi connectivity index (χ3v) is 2.55. The minimum Gasteiger partial charge on any atom is -0.346 e. The molecule has 0 heterocycles. The van der Waals surface area contributed by atoms with Gasteiger partial charge in [0.05, 0.1) is 19.6 Å². The van der Waals surface area contributed by atoms with Gasteiger partial charge in [0.2, 0.25) is 11.8 Å². The van der Waals surface area contributed by atoms with Crippen molar-refractivity contribution >= 4 is 24.2 Å². The van der Waals surface area contributed by atoms with Gasteiger partial charge in [0.1, 0.15) is 0 Å². The second-order valence-electron chi connectivity index (χ2n) is 4.13. The summed E-state index contributed by atoms with van der Waals surface area (Å²) in [6.45, 7) is -1.19. The Labute approximate surface area is 127 Å². The maximum Gasteiger partial charge on any atom is 0.255 e. The second kappa shape index (κ2) is 10.1. The molecule has 0 bridgehead atoms. The van der Waals surface area contributed by atoms with Crippen molar-refractivity contribution in [2.75, 3.05) is 19.6 Å². The quantitative estimate of drug-likeness (QED) is 0.779. The summed E-state index contributed by atoms with van der Waals surface area (Å²) in [5, 5.41) is 2.27. The molecule has 1 aromatic rings. The van der Waals surface area contributed by atoms with Crippen molar-refractivity contribution in [3.63, 3.8) is 0 Å². The summed E-state index contributed by atoms with van der Waals surface area (Å²) in [6, 6.07) is 8.80. The average molecular weight is 322 g/mol. The van der Waals surface area contributed by atoms with Gasteiger partial charge in [-0.2, -0.15) is 0 Å². The number of nitrogens with two attached hydrogens (primary N) is 1. The number of alkyl halides is 2. The Kier molecular flexibility index (Phi) is 9.23. The Morgan fingerprint density at radius 2 is 1.86 bits per heavy atom. The van der Waals surface area contributed by atoms with E-state index >= 15 is 0 Å². The van der Waals surface area contributed by atoms with Gasteiger partial charge in [-0.15, -0.1) is 12.4 Å². The maximum atomic E-state index is 12.5. The summed E-state index contributed by atoms with van der Waals surface area (Å²) < 4.78 is 25.0. The lowest BCUT2D eigenvalue weighted by Crippen LogP contribution is -2.43. The van der Waals surface area contributed by atoms with E-state index in [4.69, 9.17) is 5.73 Å². The summed E-state index contributed by atoms with van der Waals surface area (Å²) in [5.74, 6) is -1.08. The molecular weight excluding hydrogens is 304 g/mol. The van der Waals surface area contributed by atoms with Gasteiger partial charge < -0.3 is 16.0 Å². The van der Waals surface area contributed by atoms with Crippen LogP contribution in [0, 0.1) is 0 Å². The van der Waals surface area contributed by atoms with Crippen LogP contribution in [0.5, 0.6) is 0 Å². The molecule has 0 aromatic heterocycles. The molecule has 0 atom stereocenters. The first-order chi connectivity index (χ1) is 9.52. The first kappa shape index (κ1) is 19.3. The molecule has 0 radical (unpaired) electrons. The number of halogens is 3. The molecule has 0 fully saturated rings. The molecule has 0 saturated carbocycles. The molecule has 118 valence electrons. The van der Waals surface area contributed by atoms with E-state index in [1.807, 2.05) is 0 Å². The van der Waals surface area contributed by atoms with E-state index in [1.165, 1.54) is 0 Å². The summed E-state index contributed by atoms with van der Waals surface area (Å²) in [6.07, 6.45) is -2.63. The number of nitrogens with one attached hydrogen (secondary N) is 1. The lowest BCUT2D eigenvalue weighted by molar-refractivity contribution is -0.134.